The lowest BCUT2D eigenvalue weighted by Gasteiger charge is -2.24. The molecule has 0 spiro atoms. The summed E-state index contributed by atoms with van der Waals surface area (Å²) in [5, 5.41) is 10.2. The van der Waals surface area contributed by atoms with Gasteiger partial charge in [0.15, 0.2) is 11.5 Å². The Balaban J connectivity index is 1.77. The number of nitrogens with zero attached hydrogens (tertiary/aromatic N) is 3. The maximum atomic E-state index is 5.94. The van der Waals surface area contributed by atoms with Gasteiger partial charge < -0.3 is 18.9 Å². The van der Waals surface area contributed by atoms with Gasteiger partial charge in [0.05, 0.1) is 27.4 Å². The molecule has 0 aliphatic carbocycles. The predicted molar refractivity (Wildman–Crippen MR) is 101 cm³/mol. The van der Waals surface area contributed by atoms with Crippen LogP contribution in [0.4, 0.5) is 5.69 Å². The molecule has 0 aromatic heterocycles. The average Bonchev–Trinajstić information content (AvgIpc) is 2.71. The number of aryl methyl sites for hydroxylation is 1. The van der Waals surface area contributed by atoms with Crippen LogP contribution in [0.25, 0.3) is 0 Å². The Labute approximate surface area is 158 Å². The standard InChI is InChI=1S/C19H24N4O4/c1-14-4-6-15(7-5-14)27-19-13-17(24-2)16(12-18(19)25-3)20-21-22-23-8-10-26-11-9-23/h4-7,12-13H,8-11H2,1-3H3,(H,20,22). The fourth-order valence-corrected chi connectivity index (χ4v) is 2.55. The zero-order valence-electron chi connectivity index (χ0n) is 15.8. The van der Waals surface area contributed by atoms with Gasteiger partial charge in [0.25, 0.3) is 0 Å². The van der Waals surface area contributed by atoms with Crippen molar-refractivity contribution in [3.63, 3.8) is 0 Å². The van der Waals surface area contributed by atoms with Crippen molar-refractivity contribution in [1.82, 2.24) is 10.5 Å². The number of methoxy groups -OCH3 is 2. The number of nitrogens with one attached hydrogen (secondary N) is 1. The van der Waals surface area contributed by atoms with Gasteiger partial charge in [-0.1, -0.05) is 22.9 Å². The molecule has 2 aromatic rings. The first-order valence-corrected chi connectivity index (χ1v) is 8.69. The minimum atomic E-state index is 0.533. The van der Waals surface area contributed by atoms with Crippen molar-refractivity contribution in [3.05, 3.63) is 42.0 Å². The molecule has 144 valence electrons. The highest BCUT2D eigenvalue weighted by Crippen LogP contribution is 2.41. The van der Waals surface area contributed by atoms with E-state index < -0.39 is 0 Å². The second kappa shape index (κ2) is 9.20. The Kier molecular flexibility index (Phi) is 6.45. The van der Waals surface area contributed by atoms with Crippen LogP contribution >= 0.6 is 0 Å². The number of hydrogen-bond acceptors (Lipinski definition) is 7. The van der Waals surface area contributed by atoms with Gasteiger partial charge >= 0.3 is 0 Å². The van der Waals surface area contributed by atoms with E-state index in [1.165, 1.54) is 0 Å². The number of ether oxygens (including phenoxy) is 4. The maximum absolute atomic E-state index is 5.94. The summed E-state index contributed by atoms with van der Waals surface area (Å²) in [6.07, 6.45) is 0. The first-order valence-electron chi connectivity index (χ1n) is 8.69. The van der Waals surface area contributed by atoms with Crippen molar-refractivity contribution in [3.8, 4) is 23.0 Å². The Morgan fingerprint density at radius 2 is 1.67 bits per heavy atom. The Bertz CT molecular complexity index is 774. The molecule has 0 bridgehead atoms. The second-order valence-electron chi connectivity index (χ2n) is 5.99. The van der Waals surface area contributed by atoms with E-state index in [1.807, 2.05) is 36.2 Å². The first-order chi connectivity index (χ1) is 13.2. The third-order valence-electron chi connectivity index (χ3n) is 4.07. The predicted octanol–water partition coefficient (Wildman–Crippen LogP) is 3.64. The molecule has 2 aromatic carbocycles. The zero-order chi connectivity index (χ0) is 19.1. The summed E-state index contributed by atoms with van der Waals surface area (Å²) >= 11 is 0. The van der Waals surface area contributed by atoms with Crippen LogP contribution in [0.3, 0.4) is 0 Å². The number of benzene rings is 2. The Morgan fingerprint density at radius 3 is 2.33 bits per heavy atom. The molecular weight excluding hydrogens is 348 g/mol. The highest BCUT2D eigenvalue weighted by atomic mass is 16.5. The molecule has 1 aliphatic heterocycles. The molecule has 1 N–H and O–H groups in total. The van der Waals surface area contributed by atoms with E-state index >= 15 is 0 Å². The van der Waals surface area contributed by atoms with Crippen molar-refractivity contribution in [2.45, 2.75) is 6.92 Å². The molecule has 0 saturated carbocycles. The van der Waals surface area contributed by atoms with Crippen LogP contribution in [0.1, 0.15) is 5.56 Å². The van der Waals surface area contributed by atoms with Gasteiger partial charge in [-0.2, -0.15) is 0 Å². The largest absolute Gasteiger partial charge is 0.494 e. The monoisotopic (exact) mass is 372 g/mol. The first kappa shape index (κ1) is 18.9. The topological polar surface area (TPSA) is 76.9 Å². The van der Waals surface area contributed by atoms with Crippen molar-refractivity contribution >= 4 is 5.69 Å². The van der Waals surface area contributed by atoms with Crippen LogP contribution in [-0.2, 0) is 4.74 Å². The summed E-state index contributed by atoms with van der Waals surface area (Å²) in [4.78, 5) is 0. The zero-order valence-corrected chi connectivity index (χ0v) is 15.8. The molecule has 8 nitrogen and oxygen atoms in total. The van der Waals surface area contributed by atoms with Crippen LogP contribution in [0, 0.1) is 6.92 Å². The minimum Gasteiger partial charge on any atom is -0.494 e. The number of hydrazine groups is 1. The molecule has 1 aliphatic rings. The van der Waals surface area contributed by atoms with Gasteiger partial charge in [-0.15, -0.1) is 5.11 Å². The van der Waals surface area contributed by atoms with E-state index in [4.69, 9.17) is 18.9 Å². The smallest absolute Gasteiger partial charge is 0.173 e. The third kappa shape index (κ3) is 5.08. The number of morpholine rings is 1. The summed E-state index contributed by atoms with van der Waals surface area (Å²) in [5.74, 6) is 2.32. The normalized spacial score (nSPS) is 14.9. The average molecular weight is 372 g/mol. The SMILES string of the molecule is COc1cc(Oc2ccc(C)cc2)c(OC)cc1N=NNN1CCOCC1. The summed E-state index contributed by atoms with van der Waals surface area (Å²) < 4.78 is 22.1. The second-order valence-corrected chi connectivity index (χ2v) is 5.99. The highest BCUT2D eigenvalue weighted by Gasteiger charge is 2.14. The lowest BCUT2D eigenvalue weighted by molar-refractivity contribution is 0.0110. The molecule has 1 heterocycles. The molecule has 1 saturated heterocycles. The maximum Gasteiger partial charge on any atom is 0.173 e. The molecule has 0 radical (unpaired) electrons. The molecule has 27 heavy (non-hydrogen) atoms. The van der Waals surface area contributed by atoms with E-state index in [0.29, 0.717) is 41.9 Å². The van der Waals surface area contributed by atoms with Gasteiger partial charge in [0, 0.05) is 25.2 Å². The minimum absolute atomic E-state index is 0.533. The number of rotatable bonds is 7. The van der Waals surface area contributed by atoms with Gasteiger partial charge in [0.1, 0.15) is 17.2 Å². The summed E-state index contributed by atoms with van der Waals surface area (Å²) in [5.41, 5.74) is 4.60. The van der Waals surface area contributed by atoms with E-state index in [9.17, 15) is 0 Å². The van der Waals surface area contributed by atoms with E-state index in [1.54, 1.807) is 26.4 Å². The fraction of sp³-hybridized carbons (Fsp3) is 0.368. The van der Waals surface area contributed by atoms with Crippen LogP contribution in [-0.4, -0.2) is 45.5 Å². The lowest BCUT2D eigenvalue weighted by Crippen LogP contribution is -2.43. The molecule has 3 rings (SSSR count). The van der Waals surface area contributed by atoms with Crippen molar-refractivity contribution in [2.75, 3.05) is 40.5 Å². The third-order valence-corrected chi connectivity index (χ3v) is 4.07. The summed E-state index contributed by atoms with van der Waals surface area (Å²) in [7, 11) is 3.16. The van der Waals surface area contributed by atoms with Gasteiger partial charge in [-0.05, 0) is 19.1 Å². The fourth-order valence-electron chi connectivity index (χ4n) is 2.55. The van der Waals surface area contributed by atoms with E-state index in [2.05, 4.69) is 15.9 Å². The van der Waals surface area contributed by atoms with Gasteiger partial charge in [-0.25, -0.2) is 10.5 Å². The van der Waals surface area contributed by atoms with Crippen LogP contribution in [0.15, 0.2) is 46.7 Å². The summed E-state index contributed by atoms with van der Waals surface area (Å²) in [6.45, 7) is 4.87. The van der Waals surface area contributed by atoms with Crippen LogP contribution in [0.2, 0.25) is 0 Å². The molecule has 8 heteroatoms. The number of hydrogen-bond donors (Lipinski definition) is 1. The molecule has 1 fully saturated rings. The van der Waals surface area contributed by atoms with Gasteiger partial charge in [-0.3, -0.25) is 0 Å². The molecule has 0 amide bonds. The van der Waals surface area contributed by atoms with E-state index in [0.717, 1.165) is 18.7 Å². The molecular formula is C19H24N4O4. The highest BCUT2D eigenvalue weighted by molar-refractivity contribution is 5.61. The summed E-state index contributed by atoms with van der Waals surface area (Å²) in [6, 6.07) is 11.2. The Hall–Kier alpha value is -2.84. The quantitative estimate of drug-likeness (QED) is 0.591. The van der Waals surface area contributed by atoms with Crippen LogP contribution < -0.4 is 19.7 Å². The Morgan fingerprint density at radius 1 is 0.963 bits per heavy atom. The van der Waals surface area contributed by atoms with Crippen molar-refractivity contribution in [2.24, 2.45) is 10.3 Å². The van der Waals surface area contributed by atoms with Crippen molar-refractivity contribution < 1.29 is 18.9 Å². The van der Waals surface area contributed by atoms with E-state index in [-0.39, 0.29) is 0 Å². The molecule has 0 atom stereocenters. The van der Waals surface area contributed by atoms with Crippen molar-refractivity contribution in [1.29, 1.82) is 0 Å². The molecule has 0 unspecified atom stereocenters. The van der Waals surface area contributed by atoms with Gasteiger partial charge in [0.2, 0.25) is 0 Å². The van der Waals surface area contributed by atoms with Crippen LogP contribution in [0.5, 0.6) is 23.0 Å². The lowest BCUT2D eigenvalue weighted by atomic mass is 10.2.